The number of rotatable bonds is 6. The lowest BCUT2D eigenvalue weighted by atomic mass is 9.98. The minimum Gasteiger partial charge on any atom is -0.462 e. The van der Waals surface area contributed by atoms with E-state index in [9.17, 15) is 4.79 Å². The molecule has 1 aromatic rings. The highest BCUT2D eigenvalue weighted by Crippen LogP contribution is 2.25. The molecule has 1 fully saturated rings. The number of hydrogen-bond acceptors (Lipinski definition) is 4. The van der Waals surface area contributed by atoms with Crippen molar-refractivity contribution in [2.75, 3.05) is 0 Å². The van der Waals surface area contributed by atoms with Gasteiger partial charge in [0.15, 0.2) is 0 Å². The van der Waals surface area contributed by atoms with Gasteiger partial charge in [-0.05, 0) is 49.8 Å². The fourth-order valence-corrected chi connectivity index (χ4v) is 3.66. The minimum atomic E-state index is -0.0995. The van der Waals surface area contributed by atoms with Gasteiger partial charge in [-0.15, -0.1) is 11.8 Å². The third-order valence-corrected chi connectivity index (χ3v) is 5.43. The van der Waals surface area contributed by atoms with E-state index in [0.29, 0.717) is 5.56 Å². The molecule has 0 saturated heterocycles. The first-order valence-corrected chi connectivity index (χ1v) is 9.09. The fourth-order valence-electron chi connectivity index (χ4n) is 2.65. The highest BCUT2D eigenvalue weighted by Gasteiger charge is 2.23. The van der Waals surface area contributed by atoms with Gasteiger partial charge < -0.3 is 4.74 Å². The molecule has 0 radical (unpaired) electrons. The Bertz CT molecular complexity index is 515. The number of esters is 1. The number of nitriles is 1. The first-order valence-electron chi connectivity index (χ1n) is 8.04. The van der Waals surface area contributed by atoms with Gasteiger partial charge in [0.05, 0.1) is 11.6 Å². The van der Waals surface area contributed by atoms with Crippen LogP contribution in [0.1, 0.15) is 56.6 Å². The first-order chi connectivity index (χ1) is 10.7. The van der Waals surface area contributed by atoms with Crippen molar-refractivity contribution < 1.29 is 9.53 Å². The molecule has 0 amide bonds. The second kappa shape index (κ2) is 8.85. The van der Waals surface area contributed by atoms with Crippen molar-refractivity contribution in [3.63, 3.8) is 0 Å². The van der Waals surface area contributed by atoms with Gasteiger partial charge in [-0.3, -0.25) is 4.79 Å². The van der Waals surface area contributed by atoms with Crippen LogP contribution in [-0.4, -0.2) is 17.3 Å². The normalized spacial score (nSPS) is 16.7. The third kappa shape index (κ3) is 5.06. The quantitative estimate of drug-likeness (QED) is 0.728. The predicted octanol–water partition coefficient (Wildman–Crippen LogP) is 4.45. The van der Waals surface area contributed by atoms with Crippen LogP contribution in [0.5, 0.6) is 0 Å². The van der Waals surface area contributed by atoms with Crippen molar-refractivity contribution in [2.45, 2.75) is 62.6 Å². The maximum atomic E-state index is 12.3. The summed E-state index contributed by atoms with van der Waals surface area (Å²) < 4.78 is 5.67. The van der Waals surface area contributed by atoms with Crippen molar-refractivity contribution in [3.05, 3.63) is 35.4 Å². The van der Waals surface area contributed by atoms with E-state index in [1.807, 2.05) is 31.2 Å². The number of hydrogen-bond donors (Lipinski definition) is 0. The lowest BCUT2D eigenvalue weighted by Gasteiger charge is -2.24. The van der Waals surface area contributed by atoms with Crippen molar-refractivity contribution in [3.8, 4) is 6.07 Å². The number of carbonyl (C=O) groups is 1. The molecule has 0 heterocycles. The smallest absolute Gasteiger partial charge is 0.319 e. The summed E-state index contributed by atoms with van der Waals surface area (Å²) in [5.41, 5.74) is 1.80. The van der Waals surface area contributed by atoms with Crippen molar-refractivity contribution in [1.29, 1.82) is 5.26 Å². The lowest BCUT2D eigenvalue weighted by Crippen LogP contribution is -2.27. The van der Waals surface area contributed by atoms with E-state index < -0.39 is 0 Å². The summed E-state index contributed by atoms with van der Waals surface area (Å²) in [5.74, 6) is 0.706. The molecule has 1 saturated carbocycles. The molecule has 0 N–H and O–H groups in total. The number of thioether (sulfide) groups is 1. The number of ether oxygens (including phenoxy) is 1. The maximum Gasteiger partial charge on any atom is 0.319 e. The number of carbonyl (C=O) groups excluding carboxylic acids is 1. The molecule has 118 valence electrons. The summed E-state index contributed by atoms with van der Waals surface area (Å²) in [6.45, 7) is 2.03. The molecule has 0 aromatic heterocycles. The van der Waals surface area contributed by atoms with Crippen LogP contribution in [0.2, 0.25) is 0 Å². The molecular weight excluding hydrogens is 294 g/mol. The highest BCUT2D eigenvalue weighted by atomic mass is 32.2. The molecule has 22 heavy (non-hydrogen) atoms. The largest absolute Gasteiger partial charge is 0.462 e. The van der Waals surface area contributed by atoms with Crippen LogP contribution in [0.25, 0.3) is 0 Å². The van der Waals surface area contributed by atoms with Gasteiger partial charge in [0.2, 0.25) is 0 Å². The Morgan fingerprint density at radius 1 is 1.32 bits per heavy atom. The predicted molar refractivity (Wildman–Crippen MR) is 89.5 cm³/mol. The lowest BCUT2D eigenvalue weighted by molar-refractivity contribution is -0.149. The molecule has 3 nitrogen and oxygen atoms in total. The summed E-state index contributed by atoms with van der Waals surface area (Å²) in [4.78, 5) is 12.3. The molecule has 0 spiro atoms. The van der Waals surface area contributed by atoms with Crippen LogP contribution in [0.3, 0.4) is 0 Å². The molecule has 0 aliphatic heterocycles. The monoisotopic (exact) mass is 317 g/mol. The molecule has 0 bridgehead atoms. The zero-order valence-electron chi connectivity index (χ0n) is 13.1. The van der Waals surface area contributed by atoms with Crippen LogP contribution in [0.15, 0.2) is 24.3 Å². The van der Waals surface area contributed by atoms with E-state index in [1.54, 1.807) is 11.8 Å². The van der Waals surface area contributed by atoms with Crippen molar-refractivity contribution >= 4 is 17.7 Å². The van der Waals surface area contributed by atoms with Gasteiger partial charge in [-0.25, -0.2) is 0 Å². The van der Waals surface area contributed by atoms with Crippen LogP contribution < -0.4 is 0 Å². The SMILES string of the molecule is CCC(SCc1ccc(C#N)cc1)C(=O)OC1CCCCC1. The van der Waals surface area contributed by atoms with Gasteiger partial charge >= 0.3 is 5.97 Å². The number of benzene rings is 1. The van der Waals surface area contributed by atoms with Crippen molar-refractivity contribution in [2.24, 2.45) is 0 Å². The Balaban J connectivity index is 1.82. The molecule has 2 rings (SSSR count). The summed E-state index contributed by atoms with van der Waals surface area (Å²) in [6, 6.07) is 9.64. The second-order valence-corrected chi connectivity index (χ2v) is 6.90. The number of nitrogens with zero attached hydrogens (tertiary/aromatic N) is 1. The average molecular weight is 317 g/mol. The Morgan fingerprint density at radius 3 is 2.59 bits per heavy atom. The Hall–Kier alpha value is -1.47. The molecule has 4 heteroatoms. The maximum absolute atomic E-state index is 12.3. The van der Waals surface area contributed by atoms with E-state index >= 15 is 0 Å². The van der Waals surface area contributed by atoms with Gasteiger partial charge in [-0.1, -0.05) is 25.5 Å². The summed E-state index contributed by atoms with van der Waals surface area (Å²) in [7, 11) is 0. The molecule has 1 aliphatic carbocycles. The Kier molecular flexibility index (Phi) is 6.79. The van der Waals surface area contributed by atoms with Gasteiger partial charge in [0.1, 0.15) is 11.4 Å². The standard InChI is InChI=1S/C18H23NO2S/c1-2-17(18(20)21-16-6-4-3-5-7-16)22-13-15-10-8-14(12-19)9-11-15/h8-11,16-17H,2-7,13H2,1H3. The zero-order valence-corrected chi connectivity index (χ0v) is 13.9. The van der Waals surface area contributed by atoms with E-state index in [-0.39, 0.29) is 17.3 Å². The summed E-state index contributed by atoms with van der Waals surface area (Å²) in [5, 5.41) is 8.70. The first kappa shape index (κ1) is 16.9. The Morgan fingerprint density at radius 2 is 2.00 bits per heavy atom. The van der Waals surface area contributed by atoms with Crippen molar-refractivity contribution in [1.82, 2.24) is 0 Å². The Labute approximate surface area is 137 Å². The fraction of sp³-hybridized carbons (Fsp3) is 0.556. The highest BCUT2D eigenvalue weighted by molar-refractivity contribution is 7.99. The van der Waals surface area contributed by atoms with Crippen LogP contribution in [-0.2, 0) is 15.3 Å². The molecular formula is C18H23NO2S. The van der Waals surface area contributed by atoms with E-state index in [2.05, 4.69) is 6.07 Å². The summed E-state index contributed by atoms with van der Waals surface area (Å²) >= 11 is 1.63. The van der Waals surface area contributed by atoms with Gasteiger partial charge in [0.25, 0.3) is 0 Å². The van der Waals surface area contributed by atoms with Crippen LogP contribution in [0, 0.1) is 11.3 Å². The second-order valence-electron chi connectivity index (χ2n) is 5.71. The zero-order chi connectivity index (χ0) is 15.8. The summed E-state index contributed by atoms with van der Waals surface area (Å²) in [6.07, 6.45) is 6.56. The molecule has 1 aromatic carbocycles. The minimum absolute atomic E-state index is 0.0620. The van der Waals surface area contributed by atoms with Crippen LogP contribution in [0.4, 0.5) is 0 Å². The molecule has 1 unspecified atom stereocenters. The molecule has 1 aliphatic rings. The molecule has 1 atom stereocenters. The third-order valence-electron chi connectivity index (χ3n) is 4.00. The van der Waals surface area contributed by atoms with E-state index in [0.717, 1.165) is 30.6 Å². The van der Waals surface area contributed by atoms with Gasteiger partial charge in [0, 0.05) is 5.75 Å². The topological polar surface area (TPSA) is 50.1 Å². The van der Waals surface area contributed by atoms with E-state index in [1.165, 1.54) is 19.3 Å². The van der Waals surface area contributed by atoms with E-state index in [4.69, 9.17) is 10.00 Å². The van der Waals surface area contributed by atoms with Gasteiger partial charge in [-0.2, -0.15) is 5.26 Å². The average Bonchev–Trinajstić information content (AvgIpc) is 2.57. The van der Waals surface area contributed by atoms with Crippen LogP contribution >= 0.6 is 11.8 Å².